The standard InChI is InChI=1S/C21H25Cl2N3O4S/c22-19-3-1-2-16(20(19)23)8-15-31(28,29)25-18-6-4-17(5-7-18)21(27)24-9-10-26-11-13-30-14-12-26/h1-7,25H,8-15H2,(H,24,27). The zero-order valence-corrected chi connectivity index (χ0v) is 19.3. The van der Waals surface area contributed by atoms with Crippen molar-refractivity contribution in [1.29, 1.82) is 0 Å². The number of anilines is 1. The lowest BCUT2D eigenvalue weighted by atomic mass is 10.2. The molecule has 2 N–H and O–H groups in total. The van der Waals surface area contributed by atoms with Gasteiger partial charge in [-0.1, -0.05) is 35.3 Å². The lowest BCUT2D eigenvalue weighted by Crippen LogP contribution is -2.41. The van der Waals surface area contributed by atoms with Crippen LogP contribution in [0.1, 0.15) is 15.9 Å². The predicted octanol–water partition coefficient (Wildman–Crippen LogP) is 3.04. The fourth-order valence-electron chi connectivity index (χ4n) is 3.16. The number of carbonyl (C=O) groups excluding carboxylic acids is 1. The Labute approximate surface area is 192 Å². The molecule has 2 aromatic carbocycles. The van der Waals surface area contributed by atoms with Gasteiger partial charge >= 0.3 is 0 Å². The van der Waals surface area contributed by atoms with E-state index in [-0.39, 0.29) is 18.1 Å². The maximum Gasteiger partial charge on any atom is 0.251 e. The summed E-state index contributed by atoms with van der Waals surface area (Å²) in [5.41, 5.74) is 1.53. The van der Waals surface area contributed by atoms with E-state index in [4.69, 9.17) is 27.9 Å². The van der Waals surface area contributed by atoms with Crippen LogP contribution in [0.5, 0.6) is 0 Å². The Balaban J connectivity index is 1.48. The summed E-state index contributed by atoms with van der Waals surface area (Å²) in [6.07, 6.45) is 0.234. The molecule has 1 fully saturated rings. The number of nitrogens with one attached hydrogen (secondary N) is 2. The number of benzene rings is 2. The number of sulfonamides is 1. The van der Waals surface area contributed by atoms with Gasteiger partial charge in [0.05, 0.1) is 29.0 Å². The van der Waals surface area contributed by atoms with Gasteiger partial charge in [0.2, 0.25) is 10.0 Å². The monoisotopic (exact) mass is 485 g/mol. The highest BCUT2D eigenvalue weighted by molar-refractivity contribution is 7.92. The quantitative estimate of drug-likeness (QED) is 0.569. The summed E-state index contributed by atoms with van der Waals surface area (Å²) < 4.78 is 32.6. The highest BCUT2D eigenvalue weighted by atomic mass is 35.5. The largest absolute Gasteiger partial charge is 0.379 e. The van der Waals surface area contributed by atoms with E-state index in [0.717, 1.165) is 32.8 Å². The molecule has 0 spiro atoms. The van der Waals surface area contributed by atoms with E-state index in [1.165, 1.54) is 0 Å². The van der Waals surface area contributed by atoms with Gasteiger partial charge in [0.25, 0.3) is 5.91 Å². The first kappa shape index (κ1) is 23.8. The molecule has 7 nitrogen and oxygen atoms in total. The average molecular weight is 486 g/mol. The zero-order chi connectivity index (χ0) is 22.3. The highest BCUT2D eigenvalue weighted by Crippen LogP contribution is 2.26. The molecule has 0 atom stereocenters. The van der Waals surface area contributed by atoms with Crippen molar-refractivity contribution in [1.82, 2.24) is 10.2 Å². The van der Waals surface area contributed by atoms with Crippen LogP contribution in [-0.2, 0) is 21.2 Å². The summed E-state index contributed by atoms with van der Waals surface area (Å²) in [6.45, 7) is 4.49. The van der Waals surface area contributed by atoms with Crippen LogP contribution >= 0.6 is 23.2 Å². The maximum atomic E-state index is 12.4. The van der Waals surface area contributed by atoms with Crippen molar-refractivity contribution in [2.75, 3.05) is 49.9 Å². The lowest BCUT2D eigenvalue weighted by Gasteiger charge is -2.26. The summed E-state index contributed by atoms with van der Waals surface area (Å²) in [4.78, 5) is 14.5. The number of carbonyl (C=O) groups is 1. The zero-order valence-electron chi connectivity index (χ0n) is 16.9. The van der Waals surface area contributed by atoms with Crippen LogP contribution in [0.2, 0.25) is 10.0 Å². The molecule has 1 aliphatic rings. The topological polar surface area (TPSA) is 87.7 Å². The van der Waals surface area contributed by atoms with Crippen LogP contribution < -0.4 is 10.0 Å². The third kappa shape index (κ3) is 7.36. The van der Waals surface area contributed by atoms with E-state index in [9.17, 15) is 13.2 Å². The van der Waals surface area contributed by atoms with E-state index in [1.54, 1.807) is 42.5 Å². The number of hydrogen-bond acceptors (Lipinski definition) is 5. The smallest absolute Gasteiger partial charge is 0.251 e. The van der Waals surface area contributed by atoms with Gasteiger partial charge in [0.1, 0.15) is 0 Å². The molecule has 1 heterocycles. The number of halogens is 2. The Morgan fingerprint density at radius 3 is 2.48 bits per heavy atom. The summed E-state index contributed by atoms with van der Waals surface area (Å²) in [5, 5.41) is 3.64. The molecule has 1 aliphatic heterocycles. The molecule has 0 radical (unpaired) electrons. The van der Waals surface area contributed by atoms with Gasteiger partial charge in [-0.15, -0.1) is 0 Å². The molecule has 0 bridgehead atoms. The molecule has 0 aromatic heterocycles. The molecule has 31 heavy (non-hydrogen) atoms. The van der Waals surface area contributed by atoms with Crippen molar-refractivity contribution in [3.05, 3.63) is 63.6 Å². The van der Waals surface area contributed by atoms with Crippen molar-refractivity contribution in [2.45, 2.75) is 6.42 Å². The van der Waals surface area contributed by atoms with Gasteiger partial charge in [-0.05, 0) is 42.3 Å². The number of nitrogens with zero attached hydrogens (tertiary/aromatic N) is 1. The van der Waals surface area contributed by atoms with Gasteiger partial charge in [-0.3, -0.25) is 14.4 Å². The van der Waals surface area contributed by atoms with E-state index in [2.05, 4.69) is 14.9 Å². The third-order valence-electron chi connectivity index (χ3n) is 4.91. The van der Waals surface area contributed by atoms with E-state index in [1.807, 2.05) is 0 Å². The van der Waals surface area contributed by atoms with Gasteiger partial charge in [0.15, 0.2) is 0 Å². The molecule has 2 aromatic rings. The average Bonchev–Trinajstić information content (AvgIpc) is 2.76. The minimum Gasteiger partial charge on any atom is -0.379 e. The second-order valence-electron chi connectivity index (χ2n) is 7.17. The molecule has 3 rings (SSSR count). The Morgan fingerprint density at radius 1 is 1.06 bits per heavy atom. The summed E-state index contributed by atoms with van der Waals surface area (Å²) in [6, 6.07) is 11.5. The van der Waals surface area contributed by atoms with Gasteiger partial charge in [-0.25, -0.2) is 8.42 Å². The highest BCUT2D eigenvalue weighted by Gasteiger charge is 2.14. The first-order valence-electron chi connectivity index (χ1n) is 9.96. The third-order valence-corrected chi connectivity index (χ3v) is 7.06. The Hall–Kier alpha value is -1.84. The molecule has 168 valence electrons. The first-order valence-corrected chi connectivity index (χ1v) is 12.4. The molecule has 10 heteroatoms. The van der Waals surface area contributed by atoms with Crippen molar-refractivity contribution in [3.63, 3.8) is 0 Å². The number of aryl methyl sites for hydroxylation is 1. The van der Waals surface area contributed by atoms with Crippen LogP contribution in [0.3, 0.4) is 0 Å². The lowest BCUT2D eigenvalue weighted by molar-refractivity contribution is 0.0383. The Kier molecular flexibility index (Phi) is 8.57. The summed E-state index contributed by atoms with van der Waals surface area (Å²) >= 11 is 12.1. The second-order valence-corrected chi connectivity index (χ2v) is 9.80. The van der Waals surface area contributed by atoms with Crippen LogP contribution in [0, 0.1) is 0 Å². The minimum absolute atomic E-state index is 0.142. The molecule has 0 saturated carbocycles. The van der Waals surface area contributed by atoms with Gasteiger partial charge in [0, 0.05) is 37.4 Å². The van der Waals surface area contributed by atoms with Crippen molar-refractivity contribution >= 4 is 44.8 Å². The fourth-order valence-corrected chi connectivity index (χ4v) is 4.66. The number of amides is 1. The molecule has 0 aliphatic carbocycles. The van der Waals surface area contributed by atoms with E-state index < -0.39 is 10.0 Å². The number of morpholine rings is 1. The summed E-state index contributed by atoms with van der Waals surface area (Å²) in [7, 11) is -3.59. The first-order chi connectivity index (χ1) is 14.8. The molecular formula is C21H25Cl2N3O4S. The molecule has 1 saturated heterocycles. The van der Waals surface area contributed by atoms with Crippen molar-refractivity contribution in [3.8, 4) is 0 Å². The van der Waals surface area contributed by atoms with Crippen LogP contribution in [0.4, 0.5) is 5.69 Å². The predicted molar refractivity (Wildman–Crippen MR) is 124 cm³/mol. The van der Waals surface area contributed by atoms with Crippen LogP contribution in [0.15, 0.2) is 42.5 Å². The van der Waals surface area contributed by atoms with Gasteiger partial charge in [-0.2, -0.15) is 0 Å². The molecular weight excluding hydrogens is 461 g/mol. The number of ether oxygens (including phenoxy) is 1. The minimum atomic E-state index is -3.59. The SMILES string of the molecule is O=C(NCCN1CCOCC1)c1ccc(NS(=O)(=O)CCc2cccc(Cl)c2Cl)cc1. The maximum absolute atomic E-state index is 12.4. The van der Waals surface area contributed by atoms with E-state index >= 15 is 0 Å². The number of hydrogen-bond donors (Lipinski definition) is 2. The molecule has 0 unspecified atom stereocenters. The normalized spacial score (nSPS) is 14.9. The van der Waals surface area contributed by atoms with Crippen molar-refractivity contribution < 1.29 is 17.9 Å². The van der Waals surface area contributed by atoms with Crippen LogP contribution in [0.25, 0.3) is 0 Å². The van der Waals surface area contributed by atoms with E-state index in [0.29, 0.717) is 33.4 Å². The summed E-state index contributed by atoms with van der Waals surface area (Å²) in [5.74, 6) is -0.338. The number of rotatable bonds is 9. The van der Waals surface area contributed by atoms with Gasteiger partial charge < -0.3 is 10.1 Å². The Bertz CT molecular complexity index is 994. The second kappa shape index (κ2) is 11.2. The Morgan fingerprint density at radius 2 is 1.77 bits per heavy atom. The fraction of sp³-hybridized carbons (Fsp3) is 0.381. The van der Waals surface area contributed by atoms with Crippen LogP contribution in [-0.4, -0.2) is 64.4 Å². The van der Waals surface area contributed by atoms with Crippen molar-refractivity contribution in [2.24, 2.45) is 0 Å². The molecule has 1 amide bonds.